The smallest absolute Gasteiger partial charge is 0.266 e. The molecule has 0 spiro atoms. The van der Waals surface area contributed by atoms with E-state index in [-0.39, 0.29) is 5.91 Å². The lowest BCUT2D eigenvalue weighted by molar-refractivity contribution is 0.103. The van der Waals surface area contributed by atoms with Crippen molar-refractivity contribution >= 4 is 33.6 Å². The van der Waals surface area contributed by atoms with Crippen molar-refractivity contribution in [1.29, 1.82) is 0 Å². The van der Waals surface area contributed by atoms with Gasteiger partial charge in [-0.05, 0) is 38.1 Å². The van der Waals surface area contributed by atoms with Crippen LogP contribution < -0.4 is 5.32 Å². The summed E-state index contributed by atoms with van der Waals surface area (Å²) in [6.45, 7) is 3.88. The molecule has 0 aliphatic rings. The van der Waals surface area contributed by atoms with Gasteiger partial charge in [-0.1, -0.05) is 11.3 Å². The zero-order chi connectivity index (χ0) is 14.8. The van der Waals surface area contributed by atoms with Crippen LogP contribution in [0.4, 0.5) is 5.00 Å². The maximum absolute atomic E-state index is 12.2. The highest BCUT2D eigenvalue weighted by molar-refractivity contribution is 7.19. The number of carbonyl (C=O) groups is 1. The lowest BCUT2D eigenvalue weighted by Crippen LogP contribution is -2.09. The first-order chi connectivity index (χ1) is 10.1. The Balaban J connectivity index is 1.84. The summed E-state index contributed by atoms with van der Waals surface area (Å²) in [5, 5.41) is 4.58. The van der Waals surface area contributed by atoms with Gasteiger partial charge in [-0.3, -0.25) is 9.78 Å². The van der Waals surface area contributed by atoms with Crippen molar-refractivity contribution in [2.24, 2.45) is 0 Å². The van der Waals surface area contributed by atoms with Crippen LogP contribution in [0.3, 0.4) is 0 Å². The number of carbonyl (C=O) groups excluding carboxylic acids is 1. The maximum atomic E-state index is 12.2. The normalized spacial score (nSPS) is 10.6. The molecule has 1 N–H and O–H groups in total. The Morgan fingerprint density at radius 2 is 2.05 bits per heavy atom. The van der Waals surface area contributed by atoms with Gasteiger partial charge in [0.05, 0.1) is 10.6 Å². The Morgan fingerprint density at radius 1 is 1.19 bits per heavy atom. The molecule has 3 rings (SSSR count). The van der Waals surface area contributed by atoms with Gasteiger partial charge in [-0.25, -0.2) is 4.98 Å². The van der Waals surface area contributed by atoms with Crippen LogP contribution in [0.15, 0.2) is 36.7 Å². The van der Waals surface area contributed by atoms with E-state index < -0.39 is 0 Å². The second kappa shape index (κ2) is 5.75. The number of thiophene rings is 1. The maximum Gasteiger partial charge on any atom is 0.266 e. The molecule has 1 amide bonds. The van der Waals surface area contributed by atoms with Gasteiger partial charge in [0.15, 0.2) is 0 Å². The Hall–Kier alpha value is -2.05. The summed E-state index contributed by atoms with van der Waals surface area (Å²) >= 11 is 2.95. The summed E-state index contributed by atoms with van der Waals surface area (Å²) in [7, 11) is 0. The molecule has 0 bridgehead atoms. The number of aromatic nitrogens is 2. The van der Waals surface area contributed by atoms with Gasteiger partial charge in [-0.2, -0.15) is 0 Å². The molecular formula is C15H13N3OS2. The lowest BCUT2D eigenvalue weighted by atomic mass is 10.3. The molecule has 0 atom stereocenters. The number of nitrogens with zero attached hydrogens (tertiary/aromatic N) is 2. The van der Waals surface area contributed by atoms with Crippen molar-refractivity contribution in [3.8, 4) is 10.6 Å². The van der Waals surface area contributed by atoms with E-state index in [1.807, 2.05) is 38.1 Å². The molecule has 106 valence electrons. The minimum Gasteiger partial charge on any atom is -0.311 e. The van der Waals surface area contributed by atoms with Crippen LogP contribution in [0.5, 0.6) is 0 Å². The van der Waals surface area contributed by atoms with E-state index in [4.69, 9.17) is 0 Å². The summed E-state index contributed by atoms with van der Waals surface area (Å²) in [6.07, 6.45) is 3.50. The number of hydrogen-bond donors (Lipinski definition) is 1. The topological polar surface area (TPSA) is 54.9 Å². The van der Waals surface area contributed by atoms with Gasteiger partial charge in [0, 0.05) is 22.8 Å². The van der Waals surface area contributed by atoms with E-state index in [2.05, 4.69) is 15.3 Å². The predicted octanol–water partition coefficient (Wildman–Crippen LogP) is 4.14. The van der Waals surface area contributed by atoms with Crippen molar-refractivity contribution in [2.75, 3.05) is 5.32 Å². The molecule has 3 aromatic heterocycles. The van der Waals surface area contributed by atoms with E-state index in [0.717, 1.165) is 26.1 Å². The van der Waals surface area contributed by atoms with E-state index >= 15 is 0 Å². The number of aryl methyl sites for hydroxylation is 2. The monoisotopic (exact) mass is 315 g/mol. The summed E-state index contributed by atoms with van der Waals surface area (Å²) in [5.74, 6) is -0.0856. The van der Waals surface area contributed by atoms with Crippen LogP contribution in [0.25, 0.3) is 10.6 Å². The molecular weight excluding hydrogens is 302 g/mol. The van der Waals surface area contributed by atoms with E-state index in [1.54, 1.807) is 12.4 Å². The van der Waals surface area contributed by atoms with Crippen molar-refractivity contribution < 1.29 is 4.79 Å². The summed E-state index contributed by atoms with van der Waals surface area (Å²) < 4.78 is 0. The van der Waals surface area contributed by atoms with E-state index in [1.165, 1.54) is 22.7 Å². The Kier molecular flexibility index (Phi) is 3.81. The average Bonchev–Trinajstić information content (AvgIpc) is 3.07. The number of pyridine rings is 1. The zero-order valence-corrected chi connectivity index (χ0v) is 13.2. The minimum absolute atomic E-state index is 0.0856. The van der Waals surface area contributed by atoms with E-state index in [0.29, 0.717) is 4.88 Å². The van der Waals surface area contributed by atoms with Gasteiger partial charge >= 0.3 is 0 Å². The Labute approximate surface area is 130 Å². The third-order valence-electron chi connectivity index (χ3n) is 2.90. The molecule has 4 nitrogen and oxygen atoms in total. The Bertz CT molecular complexity index is 777. The minimum atomic E-state index is -0.0856. The number of amides is 1. The predicted molar refractivity (Wildman–Crippen MR) is 87.1 cm³/mol. The van der Waals surface area contributed by atoms with Gasteiger partial charge < -0.3 is 5.32 Å². The third-order valence-corrected chi connectivity index (χ3v) is 5.02. The van der Waals surface area contributed by atoms with Crippen molar-refractivity contribution in [2.45, 2.75) is 13.8 Å². The molecule has 0 aliphatic heterocycles. The van der Waals surface area contributed by atoms with Crippen LogP contribution in [-0.4, -0.2) is 15.9 Å². The molecule has 3 aromatic rings. The van der Waals surface area contributed by atoms with Gasteiger partial charge in [0.25, 0.3) is 5.91 Å². The highest BCUT2D eigenvalue weighted by Gasteiger charge is 2.14. The summed E-state index contributed by atoms with van der Waals surface area (Å²) in [5.41, 5.74) is 1.78. The number of anilines is 1. The third kappa shape index (κ3) is 3.01. The molecule has 0 unspecified atom stereocenters. The molecule has 0 aromatic carbocycles. The molecule has 0 aliphatic carbocycles. The number of thiazole rings is 1. The fourth-order valence-corrected chi connectivity index (χ4v) is 3.56. The molecule has 6 heteroatoms. The van der Waals surface area contributed by atoms with Crippen molar-refractivity contribution in [3.05, 3.63) is 52.1 Å². The zero-order valence-electron chi connectivity index (χ0n) is 11.6. The standard InChI is InChI=1S/C15H13N3OS2/c1-9-5-6-12(20-9)13(19)18-14-10(2)17-15(21-14)11-4-3-7-16-8-11/h3-8H,1-2H3,(H,18,19). The molecule has 0 saturated heterocycles. The van der Waals surface area contributed by atoms with Crippen LogP contribution in [0, 0.1) is 13.8 Å². The van der Waals surface area contributed by atoms with E-state index in [9.17, 15) is 4.79 Å². The molecule has 0 saturated carbocycles. The highest BCUT2D eigenvalue weighted by atomic mass is 32.1. The summed E-state index contributed by atoms with van der Waals surface area (Å²) in [4.78, 5) is 22.6. The second-order valence-electron chi connectivity index (χ2n) is 4.54. The number of hydrogen-bond acceptors (Lipinski definition) is 5. The van der Waals surface area contributed by atoms with Crippen molar-refractivity contribution in [3.63, 3.8) is 0 Å². The van der Waals surface area contributed by atoms with Crippen LogP contribution >= 0.6 is 22.7 Å². The fourth-order valence-electron chi connectivity index (χ4n) is 1.85. The highest BCUT2D eigenvalue weighted by Crippen LogP contribution is 2.31. The van der Waals surface area contributed by atoms with Crippen LogP contribution in [-0.2, 0) is 0 Å². The number of rotatable bonds is 3. The van der Waals surface area contributed by atoms with Gasteiger partial charge in [-0.15, -0.1) is 11.3 Å². The second-order valence-corrected chi connectivity index (χ2v) is 6.83. The molecule has 0 radical (unpaired) electrons. The lowest BCUT2D eigenvalue weighted by Gasteiger charge is -2.00. The summed E-state index contributed by atoms with van der Waals surface area (Å²) in [6, 6.07) is 7.62. The van der Waals surface area contributed by atoms with Crippen molar-refractivity contribution in [1.82, 2.24) is 9.97 Å². The fraction of sp³-hybridized carbons (Fsp3) is 0.133. The van der Waals surface area contributed by atoms with Gasteiger partial charge in [0.1, 0.15) is 10.0 Å². The first kappa shape index (κ1) is 13.9. The molecule has 3 heterocycles. The SMILES string of the molecule is Cc1ccc(C(=O)Nc2sc(-c3cccnc3)nc2C)s1. The largest absolute Gasteiger partial charge is 0.311 e. The quantitative estimate of drug-likeness (QED) is 0.790. The first-order valence-electron chi connectivity index (χ1n) is 6.39. The average molecular weight is 315 g/mol. The van der Waals surface area contributed by atoms with Gasteiger partial charge in [0.2, 0.25) is 0 Å². The first-order valence-corrected chi connectivity index (χ1v) is 8.02. The van der Waals surface area contributed by atoms with Crippen LogP contribution in [0.2, 0.25) is 0 Å². The Morgan fingerprint density at radius 3 is 2.71 bits per heavy atom. The molecule has 21 heavy (non-hydrogen) atoms. The molecule has 0 fully saturated rings. The number of nitrogens with one attached hydrogen (secondary N) is 1. The van der Waals surface area contributed by atoms with Crippen LogP contribution in [0.1, 0.15) is 20.2 Å².